The van der Waals surface area contributed by atoms with E-state index in [9.17, 15) is 17.2 Å². The average Bonchev–Trinajstić information content (AvgIpc) is 2.78. The standard InChI is InChI=1S/C13H17F2NO2S/c1-2-16-11-4-3-5-13(11)19(17,18)12-7-6-9(14)8-10(12)15/h6-8,11,13,16H,2-5H2,1H3. The number of rotatable bonds is 4. The molecule has 0 spiro atoms. The summed E-state index contributed by atoms with van der Waals surface area (Å²) in [5, 5.41) is 2.49. The van der Waals surface area contributed by atoms with Gasteiger partial charge in [0.25, 0.3) is 0 Å². The summed E-state index contributed by atoms with van der Waals surface area (Å²) in [6.45, 7) is 2.57. The lowest BCUT2D eigenvalue weighted by Gasteiger charge is -2.20. The Morgan fingerprint density at radius 3 is 2.68 bits per heavy atom. The highest BCUT2D eigenvalue weighted by Gasteiger charge is 2.39. The maximum absolute atomic E-state index is 13.7. The van der Waals surface area contributed by atoms with Crippen molar-refractivity contribution in [2.45, 2.75) is 42.4 Å². The Bertz CT molecular complexity index is 560. The van der Waals surface area contributed by atoms with Crippen molar-refractivity contribution in [3.8, 4) is 0 Å². The van der Waals surface area contributed by atoms with Crippen LogP contribution in [0.3, 0.4) is 0 Å². The Morgan fingerprint density at radius 1 is 1.32 bits per heavy atom. The molecule has 2 rings (SSSR count). The molecule has 19 heavy (non-hydrogen) atoms. The van der Waals surface area contributed by atoms with E-state index < -0.39 is 31.6 Å². The Labute approximate surface area is 111 Å². The molecule has 0 radical (unpaired) electrons. The van der Waals surface area contributed by atoms with Gasteiger partial charge in [-0.2, -0.15) is 0 Å². The molecule has 2 unspecified atom stereocenters. The van der Waals surface area contributed by atoms with Crippen LogP contribution in [0.15, 0.2) is 23.1 Å². The van der Waals surface area contributed by atoms with Crippen molar-refractivity contribution in [1.82, 2.24) is 5.32 Å². The van der Waals surface area contributed by atoms with E-state index in [4.69, 9.17) is 0 Å². The summed E-state index contributed by atoms with van der Waals surface area (Å²) in [5.74, 6) is -1.78. The van der Waals surface area contributed by atoms with E-state index in [1.54, 1.807) is 0 Å². The topological polar surface area (TPSA) is 46.2 Å². The molecule has 1 fully saturated rings. The third kappa shape index (κ3) is 2.79. The van der Waals surface area contributed by atoms with Gasteiger partial charge in [0.15, 0.2) is 9.84 Å². The van der Waals surface area contributed by atoms with Gasteiger partial charge >= 0.3 is 0 Å². The van der Waals surface area contributed by atoms with E-state index in [0.29, 0.717) is 19.0 Å². The predicted octanol–water partition coefficient (Wildman–Crippen LogP) is 2.27. The molecule has 1 N–H and O–H groups in total. The molecule has 1 aromatic rings. The van der Waals surface area contributed by atoms with Crippen LogP contribution in [0.25, 0.3) is 0 Å². The van der Waals surface area contributed by atoms with Crippen LogP contribution < -0.4 is 5.32 Å². The minimum absolute atomic E-state index is 0.153. The second-order valence-electron chi connectivity index (χ2n) is 4.75. The average molecular weight is 289 g/mol. The Hall–Kier alpha value is -1.01. The van der Waals surface area contributed by atoms with E-state index in [-0.39, 0.29) is 6.04 Å². The molecule has 106 valence electrons. The minimum Gasteiger partial charge on any atom is -0.313 e. The van der Waals surface area contributed by atoms with Gasteiger partial charge in [0, 0.05) is 12.1 Å². The molecule has 1 saturated carbocycles. The Kier molecular flexibility index (Phi) is 4.20. The van der Waals surface area contributed by atoms with Crippen LogP contribution in [0.5, 0.6) is 0 Å². The second kappa shape index (κ2) is 5.54. The largest absolute Gasteiger partial charge is 0.313 e. The van der Waals surface area contributed by atoms with Gasteiger partial charge in [-0.25, -0.2) is 17.2 Å². The first-order chi connectivity index (χ1) is 8.96. The number of nitrogens with one attached hydrogen (secondary N) is 1. The molecule has 2 atom stereocenters. The SMILES string of the molecule is CCNC1CCCC1S(=O)(=O)c1ccc(F)cc1F. The number of sulfone groups is 1. The molecule has 0 saturated heterocycles. The van der Waals surface area contributed by atoms with E-state index >= 15 is 0 Å². The maximum Gasteiger partial charge on any atom is 0.185 e. The van der Waals surface area contributed by atoms with Crippen molar-refractivity contribution >= 4 is 9.84 Å². The molecule has 0 heterocycles. The molecule has 0 bridgehead atoms. The highest BCUT2D eigenvalue weighted by Crippen LogP contribution is 2.31. The summed E-state index contributed by atoms with van der Waals surface area (Å²) in [7, 11) is -3.76. The fraction of sp³-hybridized carbons (Fsp3) is 0.538. The van der Waals surface area contributed by atoms with Crippen molar-refractivity contribution in [2.24, 2.45) is 0 Å². The van der Waals surface area contributed by atoms with Crippen LogP contribution in [0, 0.1) is 11.6 Å². The number of benzene rings is 1. The van der Waals surface area contributed by atoms with Crippen LogP contribution in [-0.2, 0) is 9.84 Å². The first-order valence-corrected chi connectivity index (χ1v) is 7.93. The third-order valence-electron chi connectivity index (χ3n) is 3.52. The van der Waals surface area contributed by atoms with Crippen LogP contribution in [0.2, 0.25) is 0 Å². The maximum atomic E-state index is 13.7. The quantitative estimate of drug-likeness (QED) is 0.865. The van der Waals surface area contributed by atoms with Gasteiger partial charge in [-0.15, -0.1) is 0 Å². The Morgan fingerprint density at radius 2 is 2.05 bits per heavy atom. The molecule has 0 aromatic heterocycles. The molecular formula is C13H17F2NO2S. The van der Waals surface area contributed by atoms with E-state index in [0.717, 1.165) is 25.0 Å². The normalized spacial score (nSPS) is 23.7. The summed E-state index contributed by atoms with van der Waals surface area (Å²) >= 11 is 0. The van der Waals surface area contributed by atoms with Crippen LogP contribution in [0.4, 0.5) is 8.78 Å². The lowest BCUT2D eigenvalue weighted by molar-refractivity contribution is 0.508. The highest BCUT2D eigenvalue weighted by atomic mass is 32.2. The van der Waals surface area contributed by atoms with Gasteiger partial charge < -0.3 is 5.32 Å². The number of hydrogen-bond donors (Lipinski definition) is 1. The summed E-state index contributed by atoms with van der Waals surface area (Å²) in [6.07, 6.45) is 2.07. The third-order valence-corrected chi connectivity index (χ3v) is 5.82. The monoisotopic (exact) mass is 289 g/mol. The van der Waals surface area contributed by atoms with Gasteiger partial charge in [0.1, 0.15) is 16.5 Å². The van der Waals surface area contributed by atoms with Gasteiger partial charge in [0.05, 0.1) is 5.25 Å². The summed E-state index contributed by atoms with van der Waals surface area (Å²) < 4.78 is 51.4. The summed E-state index contributed by atoms with van der Waals surface area (Å²) in [6, 6.07) is 2.46. The zero-order valence-corrected chi connectivity index (χ0v) is 11.5. The van der Waals surface area contributed by atoms with Crippen molar-refractivity contribution < 1.29 is 17.2 Å². The van der Waals surface area contributed by atoms with Crippen LogP contribution in [0.1, 0.15) is 26.2 Å². The lowest BCUT2D eigenvalue weighted by atomic mass is 10.2. The smallest absolute Gasteiger partial charge is 0.185 e. The summed E-state index contributed by atoms with van der Waals surface area (Å²) in [4.78, 5) is -0.399. The van der Waals surface area contributed by atoms with E-state index in [2.05, 4.69) is 5.32 Å². The fourth-order valence-electron chi connectivity index (χ4n) is 2.66. The van der Waals surface area contributed by atoms with Gasteiger partial charge in [-0.1, -0.05) is 13.3 Å². The molecule has 1 aliphatic rings. The molecule has 0 aliphatic heterocycles. The number of halogens is 2. The Balaban J connectivity index is 2.36. The lowest BCUT2D eigenvalue weighted by Crippen LogP contribution is -2.40. The molecule has 1 aliphatic carbocycles. The molecule has 6 heteroatoms. The van der Waals surface area contributed by atoms with Gasteiger partial charge in [-0.05, 0) is 31.5 Å². The predicted molar refractivity (Wildman–Crippen MR) is 68.6 cm³/mol. The summed E-state index contributed by atoms with van der Waals surface area (Å²) in [5.41, 5.74) is 0. The molecule has 0 amide bonds. The fourth-order valence-corrected chi connectivity index (χ4v) is 4.72. The number of hydrogen-bond acceptors (Lipinski definition) is 3. The van der Waals surface area contributed by atoms with Gasteiger partial charge in [0.2, 0.25) is 0 Å². The van der Waals surface area contributed by atoms with Crippen molar-refractivity contribution in [1.29, 1.82) is 0 Å². The first kappa shape index (κ1) is 14.4. The minimum atomic E-state index is -3.76. The zero-order valence-electron chi connectivity index (χ0n) is 10.7. The molecule has 1 aromatic carbocycles. The van der Waals surface area contributed by atoms with Crippen molar-refractivity contribution in [3.05, 3.63) is 29.8 Å². The van der Waals surface area contributed by atoms with Gasteiger partial charge in [-0.3, -0.25) is 0 Å². The van der Waals surface area contributed by atoms with E-state index in [1.807, 2.05) is 6.92 Å². The highest BCUT2D eigenvalue weighted by molar-refractivity contribution is 7.92. The van der Waals surface area contributed by atoms with Crippen LogP contribution in [-0.4, -0.2) is 26.3 Å². The first-order valence-electron chi connectivity index (χ1n) is 6.39. The van der Waals surface area contributed by atoms with Crippen molar-refractivity contribution in [3.63, 3.8) is 0 Å². The molecular weight excluding hydrogens is 272 g/mol. The second-order valence-corrected chi connectivity index (χ2v) is 6.89. The molecule has 3 nitrogen and oxygen atoms in total. The zero-order chi connectivity index (χ0) is 14.0. The van der Waals surface area contributed by atoms with E-state index in [1.165, 1.54) is 0 Å². The van der Waals surface area contributed by atoms with Crippen molar-refractivity contribution in [2.75, 3.05) is 6.54 Å². The van der Waals surface area contributed by atoms with Crippen LogP contribution >= 0.6 is 0 Å².